The van der Waals surface area contributed by atoms with Gasteiger partial charge in [-0.3, -0.25) is 9.63 Å². The molecule has 2 aromatic rings. The minimum atomic E-state index is -0.204. The van der Waals surface area contributed by atoms with E-state index in [1.807, 2.05) is 44.2 Å². The third kappa shape index (κ3) is 4.65. The SMILES string of the molecule is CCCN(OCC)C(=O)C1=Cc2ccc(-c3cnc(C#N)nc3)cc2N=C(N)C1. The lowest BCUT2D eigenvalue weighted by molar-refractivity contribution is -0.180. The average Bonchev–Trinajstić information content (AvgIpc) is 2.90. The van der Waals surface area contributed by atoms with Gasteiger partial charge in [-0.25, -0.2) is 20.0 Å². The molecule has 0 saturated heterocycles. The van der Waals surface area contributed by atoms with Crippen LogP contribution in [0.2, 0.25) is 0 Å². The van der Waals surface area contributed by atoms with Gasteiger partial charge in [-0.15, -0.1) is 0 Å². The number of hydroxylamine groups is 2. The second-order valence-corrected chi connectivity index (χ2v) is 6.46. The molecule has 0 fully saturated rings. The van der Waals surface area contributed by atoms with Crippen LogP contribution in [0.15, 0.2) is 41.2 Å². The van der Waals surface area contributed by atoms with Crippen LogP contribution >= 0.6 is 0 Å². The maximum absolute atomic E-state index is 12.9. The molecule has 1 aliphatic rings. The third-order valence-corrected chi connectivity index (χ3v) is 4.29. The highest BCUT2D eigenvalue weighted by atomic mass is 16.7. The average molecular weight is 390 g/mol. The lowest BCUT2D eigenvalue weighted by atomic mass is 10.0. The number of benzene rings is 1. The van der Waals surface area contributed by atoms with Crippen LogP contribution in [0.25, 0.3) is 17.2 Å². The van der Waals surface area contributed by atoms with Crippen molar-refractivity contribution in [1.29, 1.82) is 5.26 Å². The number of rotatable bonds is 6. The van der Waals surface area contributed by atoms with Crippen molar-refractivity contribution in [3.05, 3.63) is 47.6 Å². The molecule has 0 bridgehead atoms. The number of nitriles is 1. The summed E-state index contributed by atoms with van der Waals surface area (Å²) in [5.74, 6) is 0.261. The van der Waals surface area contributed by atoms with Crippen molar-refractivity contribution in [2.24, 2.45) is 10.7 Å². The second kappa shape index (κ2) is 9.08. The molecular weight excluding hydrogens is 368 g/mol. The minimum Gasteiger partial charge on any atom is -0.387 e. The molecular formula is C21H22N6O2. The van der Waals surface area contributed by atoms with Gasteiger partial charge >= 0.3 is 0 Å². The quantitative estimate of drug-likeness (QED) is 0.758. The van der Waals surface area contributed by atoms with E-state index in [9.17, 15) is 4.79 Å². The summed E-state index contributed by atoms with van der Waals surface area (Å²) in [4.78, 5) is 30.9. The fraction of sp³-hybridized carbons (Fsp3) is 0.286. The molecule has 1 aromatic heterocycles. The van der Waals surface area contributed by atoms with Crippen molar-refractivity contribution in [1.82, 2.24) is 15.0 Å². The van der Waals surface area contributed by atoms with Gasteiger partial charge in [0.15, 0.2) is 0 Å². The van der Waals surface area contributed by atoms with Crippen LogP contribution in [0.5, 0.6) is 0 Å². The molecule has 0 spiro atoms. The first-order valence-electron chi connectivity index (χ1n) is 9.40. The fourth-order valence-electron chi connectivity index (χ4n) is 2.99. The molecule has 0 aliphatic carbocycles. The molecule has 8 heteroatoms. The van der Waals surface area contributed by atoms with Crippen LogP contribution in [-0.4, -0.2) is 39.9 Å². The van der Waals surface area contributed by atoms with Gasteiger partial charge in [0.1, 0.15) is 11.9 Å². The highest BCUT2D eigenvalue weighted by Crippen LogP contribution is 2.31. The number of fused-ring (bicyclic) bond motifs is 1. The van der Waals surface area contributed by atoms with Crippen LogP contribution in [0, 0.1) is 11.3 Å². The van der Waals surface area contributed by atoms with E-state index >= 15 is 0 Å². The van der Waals surface area contributed by atoms with Gasteiger partial charge in [0, 0.05) is 42.1 Å². The molecule has 1 amide bonds. The molecule has 0 saturated carbocycles. The van der Waals surface area contributed by atoms with Gasteiger partial charge in [0.25, 0.3) is 5.91 Å². The van der Waals surface area contributed by atoms with Gasteiger partial charge < -0.3 is 5.73 Å². The molecule has 1 aliphatic heterocycles. The molecule has 0 atom stereocenters. The number of aliphatic imine (C=N–C) groups is 1. The third-order valence-electron chi connectivity index (χ3n) is 4.29. The summed E-state index contributed by atoms with van der Waals surface area (Å²) in [6.07, 6.45) is 6.02. The van der Waals surface area contributed by atoms with E-state index in [1.165, 1.54) is 5.06 Å². The first kappa shape index (κ1) is 20.2. The molecule has 2 N–H and O–H groups in total. The molecule has 1 aromatic carbocycles. The van der Waals surface area contributed by atoms with Crippen molar-refractivity contribution < 1.29 is 9.63 Å². The predicted octanol–water partition coefficient (Wildman–Crippen LogP) is 2.98. The summed E-state index contributed by atoms with van der Waals surface area (Å²) >= 11 is 0. The van der Waals surface area contributed by atoms with Crippen molar-refractivity contribution in [3.8, 4) is 17.2 Å². The van der Waals surface area contributed by atoms with Crippen LogP contribution in [-0.2, 0) is 9.63 Å². The zero-order valence-electron chi connectivity index (χ0n) is 16.4. The second-order valence-electron chi connectivity index (χ2n) is 6.46. The number of hydrogen-bond acceptors (Lipinski definition) is 7. The number of carbonyl (C=O) groups excluding carboxylic acids is 1. The van der Waals surface area contributed by atoms with Gasteiger partial charge in [-0.2, -0.15) is 5.26 Å². The summed E-state index contributed by atoms with van der Waals surface area (Å²) < 4.78 is 0. The Kier molecular flexibility index (Phi) is 6.32. The van der Waals surface area contributed by atoms with Gasteiger partial charge in [-0.1, -0.05) is 19.1 Å². The number of aromatic nitrogens is 2. The maximum atomic E-state index is 12.9. The van der Waals surface area contributed by atoms with Crippen molar-refractivity contribution in [3.63, 3.8) is 0 Å². The normalized spacial score (nSPS) is 12.9. The highest BCUT2D eigenvalue weighted by molar-refractivity contribution is 6.05. The summed E-state index contributed by atoms with van der Waals surface area (Å²) in [6.45, 7) is 4.75. The number of hydrogen-bond donors (Lipinski definition) is 1. The smallest absolute Gasteiger partial charge is 0.273 e. The van der Waals surface area contributed by atoms with E-state index in [0.29, 0.717) is 30.2 Å². The Bertz CT molecular complexity index is 999. The molecule has 148 valence electrons. The Morgan fingerprint density at radius 2 is 2.03 bits per heavy atom. The van der Waals surface area contributed by atoms with E-state index in [2.05, 4.69) is 15.0 Å². The van der Waals surface area contributed by atoms with Gasteiger partial charge in [0.05, 0.1) is 12.3 Å². The van der Waals surface area contributed by atoms with E-state index in [0.717, 1.165) is 23.1 Å². The molecule has 0 unspecified atom stereocenters. The first-order chi connectivity index (χ1) is 14.0. The van der Waals surface area contributed by atoms with E-state index in [4.69, 9.17) is 15.8 Å². The Balaban J connectivity index is 1.96. The summed E-state index contributed by atoms with van der Waals surface area (Å²) in [6, 6.07) is 7.53. The Morgan fingerprint density at radius 3 is 2.69 bits per heavy atom. The molecule has 0 radical (unpaired) electrons. The van der Waals surface area contributed by atoms with Gasteiger partial charge in [-0.05, 0) is 31.1 Å². The highest BCUT2D eigenvalue weighted by Gasteiger charge is 2.22. The first-order valence-corrected chi connectivity index (χ1v) is 9.40. The van der Waals surface area contributed by atoms with E-state index in [1.54, 1.807) is 12.4 Å². The lowest BCUT2D eigenvalue weighted by Gasteiger charge is -2.21. The zero-order chi connectivity index (χ0) is 20.8. The molecule has 29 heavy (non-hydrogen) atoms. The molecule has 3 rings (SSSR count). The number of nitrogens with two attached hydrogens (primary N) is 1. The summed E-state index contributed by atoms with van der Waals surface area (Å²) in [5.41, 5.74) is 9.67. The summed E-state index contributed by atoms with van der Waals surface area (Å²) in [5, 5.41) is 10.2. The number of amidine groups is 1. The summed E-state index contributed by atoms with van der Waals surface area (Å²) in [7, 11) is 0. The maximum Gasteiger partial charge on any atom is 0.273 e. The molecule has 8 nitrogen and oxygen atoms in total. The topological polar surface area (TPSA) is 117 Å². The fourth-order valence-corrected chi connectivity index (χ4v) is 2.99. The van der Waals surface area contributed by atoms with Crippen LogP contribution in [0.4, 0.5) is 5.69 Å². The largest absolute Gasteiger partial charge is 0.387 e. The van der Waals surface area contributed by atoms with Crippen molar-refractivity contribution in [2.45, 2.75) is 26.7 Å². The van der Waals surface area contributed by atoms with E-state index in [-0.39, 0.29) is 18.2 Å². The lowest BCUT2D eigenvalue weighted by Crippen LogP contribution is -2.34. The van der Waals surface area contributed by atoms with Crippen LogP contribution < -0.4 is 5.73 Å². The monoisotopic (exact) mass is 390 g/mol. The Morgan fingerprint density at radius 1 is 1.28 bits per heavy atom. The van der Waals surface area contributed by atoms with Gasteiger partial charge in [0.2, 0.25) is 5.82 Å². The predicted molar refractivity (Wildman–Crippen MR) is 110 cm³/mol. The number of nitrogens with zero attached hydrogens (tertiary/aromatic N) is 5. The Labute approximate surface area is 169 Å². The molecule has 2 heterocycles. The van der Waals surface area contributed by atoms with Crippen molar-refractivity contribution >= 4 is 23.5 Å². The van der Waals surface area contributed by atoms with Crippen LogP contribution in [0.3, 0.4) is 0 Å². The van der Waals surface area contributed by atoms with Crippen molar-refractivity contribution in [2.75, 3.05) is 13.2 Å². The Hall–Kier alpha value is -3.57. The number of carbonyl (C=O) groups is 1. The zero-order valence-corrected chi connectivity index (χ0v) is 16.4. The van der Waals surface area contributed by atoms with E-state index < -0.39 is 0 Å². The van der Waals surface area contributed by atoms with Crippen LogP contribution in [0.1, 0.15) is 38.1 Å². The standard InChI is InChI=1S/C21H22N6O2/c1-3-7-27(29-4-2)21(28)16-8-15-6-5-14(9-18(15)26-19(23)10-16)17-12-24-20(11-22)25-13-17/h5-6,8-9,12-13H,3-4,7,10H2,1-2H3,(H2,23,26). The minimum absolute atomic E-state index is 0.114. The number of amides is 1.